The Bertz CT molecular complexity index is 92.6. The molecule has 0 aliphatic heterocycles. The van der Waals surface area contributed by atoms with Crippen LogP contribution in [0.5, 0.6) is 0 Å². The molecule has 0 saturated heterocycles. The first-order valence-corrected chi connectivity index (χ1v) is 3.94. The van der Waals surface area contributed by atoms with Gasteiger partial charge >= 0.3 is 37.7 Å². The number of nitrogens with two attached hydrogens (primary N) is 1. The third-order valence-electron chi connectivity index (χ3n) is 0.559. The van der Waals surface area contributed by atoms with Gasteiger partial charge in [0.2, 0.25) is 0 Å². The zero-order valence-electron chi connectivity index (χ0n) is 7.89. The van der Waals surface area contributed by atoms with Gasteiger partial charge in [0.15, 0.2) is 0 Å². The summed E-state index contributed by atoms with van der Waals surface area (Å²) in [5, 5.41) is 0. The van der Waals surface area contributed by atoms with Crippen molar-refractivity contribution in [2.45, 2.75) is 13.8 Å². The third-order valence-corrected chi connectivity index (χ3v) is 2.03. The molecule has 0 aliphatic carbocycles. The second kappa shape index (κ2) is 7.61. The van der Waals surface area contributed by atoms with Crippen molar-refractivity contribution >= 4 is 66.0 Å². The van der Waals surface area contributed by atoms with Crippen LogP contribution in [-0.4, -0.2) is 47.8 Å². The van der Waals surface area contributed by atoms with E-state index in [0.29, 0.717) is 10.2 Å². The minimum Gasteiger partial charge on any atom is -1.00 e. The van der Waals surface area contributed by atoms with Crippen molar-refractivity contribution in [1.82, 2.24) is 0 Å². The zero-order valence-corrected chi connectivity index (χ0v) is 9.73. The van der Waals surface area contributed by atoms with Crippen molar-refractivity contribution in [3.63, 3.8) is 0 Å². The number of rotatable bonds is 2. The predicted molar refractivity (Wildman–Crippen MR) is 52.1 cm³/mol. The molecule has 0 amide bonds. The Morgan fingerprint density at radius 2 is 2.22 bits per heavy atom. The number of hydrogen-bond donors (Lipinski definition) is 1. The van der Waals surface area contributed by atoms with E-state index in [4.69, 9.17) is 5.73 Å². The molecule has 0 bridgehead atoms. The standard InChI is InChI=1S/C5H11NS2.Ca.2H/c1-4(2)3-8-5(6)7;;;/h4H,3H2,1-2H3,(H2,6,7);;;/q;+2;2*-1. The quantitative estimate of drug-likeness (QED) is 0.529. The topological polar surface area (TPSA) is 26.0 Å². The predicted octanol–water partition coefficient (Wildman–Crippen LogP) is 1.46. The van der Waals surface area contributed by atoms with E-state index in [9.17, 15) is 0 Å². The molecule has 0 aromatic heterocycles. The Kier molecular flexibility index (Phi) is 11.1. The zero-order chi connectivity index (χ0) is 6.57. The largest absolute Gasteiger partial charge is 2.00 e. The van der Waals surface area contributed by atoms with E-state index in [1.54, 1.807) is 11.8 Å². The van der Waals surface area contributed by atoms with Gasteiger partial charge in [0.25, 0.3) is 0 Å². The van der Waals surface area contributed by atoms with Gasteiger partial charge in [-0.15, -0.1) is 0 Å². The summed E-state index contributed by atoms with van der Waals surface area (Å²) in [6.45, 7) is 4.29. The van der Waals surface area contributed by atoms with Gasteiger partial charge in [-0.3, -0.25) is 0 Å². The molecule has 2 N–H and O–H groups in total. The summed E-state index contributed by atoms with van der Waals surface area (Å²) in [5.41, 5.74) is 5.24. The van der Waals surface area contributed by atoms with Crippen molar-refractivity contribution in [2.75, 3.05) is 5.75 Å². The van der Waals surface area contributed by atoms with Gasteiger partial charge in [0, 0.05) is 5.75 Å². The summed E-state index contributed by atoms with van der Waals surface area (Å²) in [6.07, 6.45) is 0. The van der Waals surface area contributed by atoms with Crippen LogP contribution in [0.3, 0.4) is 0 Å². The Morgan fingerprint density at radius 3 is 2.33 bits per heavy atom. The summed E-state index contributed by atoms with van der Waals surface area (Å²) < 4.78 is 0.554. The molecule has 1 nitrogen and oxygen atoms in total. The molecule has 0 aromatic rings. The van der Waals surface area contributed by atoms with Crippen molar-refractivity contribution in [3.8, 4) is 0 Å². The maximum Gasteiger partial charge on any atom is 2.00 e. The molecule has 0 spiro atoms. The minimum atomic E-state index is 0. The van der Waals surface area contributed by atoms with Crippen molar-refractivity contribution in [2.24, 2.45) is 11.7 Å². The fourth-order valence-corrected chi connectivity index (χ4v) is 0.951. The first kappa shape index (κ1) is 13.1. The monoisotopic (exact) mass is 191 g/mol. The van der Waals surface area contributed by atoms with Gasteiger partial charge in [-0.1, -0.05) is 37.8 Å². The summed E-state index contributed by atoms with van der Waals surface area (Å²) in [7, 11) is 0. The first-order valence-electron chi connectivity index (χ1n) is 2.55. The van der Waals surface area contributed by atoms with Crippen LogP contribution in [0.1, 0.15) is 16.7 Å². The molecule has 0 radical (unpaired) electrons. The number of thiocarbonyl (C=S) groups is 1. The van der Waals surface area contributed by atoms with Crippen LogP contribution in [0.2, 0.25) is 0 Å². The molecule has 0 fully saturated rings. The number of thioether (sulfide) groups is 1. The van der Waals surface area contributed by atoms with Crippen molar-refractivity contribution < 1.29 is 2.85 Å². The molecule has 0 atom stereocenters. The Morgan fingerprint density at radius 1 is 1.78 bits per heavy atom. The fourth-order valence-electron chi connectivity index (χ4n) is 0.249. The van der Waals surface area contributed by atoms with E-state index >= 15 is 0 Å². The molecule has 0 rings (SSSR count). The Balaban J connectivity index is -0.0000000817. The molecule has 4 heteroatoms. The van der Waals surface area contributed by atoms with Crippen molar-refractivity contribution in [1.29, 1.82) is 0 Å². The van der Waals surface area contributed by atoms with Crippen LogP contribution in [0.4, 0.5) is 0 Å². The van der Waals surface area contributed by atoms with Crippen LogP contribution in [0.15, 0.2) is 0 Å². The summed E-state index contributed by atoms with van der Waals surface area (Å²) in [5.74, 6) is 1.72. The first-order chi connectivity index (χ1) is 3.63. The maximum absolute atomic E-state index is 5.24. The van der Waals surface area contributed by atoms with Gasteiger partial charge in [-0.05, 0) is 5.92 Å². The molecule has 9 heavy (non-hydrogen) atoms. The van der Waals surface area contributed by atoms with Crippen LogP contribution in [-0.2, 0) is 0 Å². The minimum absolute atomic E-state index is 0. The van der Waals surface area contributed by atoms with E-state index in [2.05, 4.69) is 26.1 Å². The summed E-state index contributed by atoms with van der Waals surface area (Å²) >= 11 is 6.20. The molecule has 0 unspecified atom stereocenters. The summed E-state index contributed by atoms with van der Waals surface area (Å²) in [4.78, 5) is 0. The van der Waals surface area contributed by atoms with Crippen LogP contribution < -0.4 is 5.73 Å². The van der Waals surface area contributed by atoms with E-state index in [-0.39, 0.29) is 40.6 Å². The number of hydrogen-bond acceptors (Lipinski definition) is 2. The average Bonchev–Trinajstić information content (AvgIpc) is 1.61. The molecular formula is C5H13CaNS2. The smallest absolute Gasteiger partial charge is 1.00 e. The maximum atomic E-state index is 5.24. The Labute approximate surface area is 99.1 Å². The van der Waals surface area contributed by atoms with Crippen LogP contribution >= 0.6 is 24.0 Å². The van der Waals surface area contributed by atoms with Gasteiger partial charge < -0.3 is 8.59 Å². The summed E-state index contributed by atoms with van der Waals surface area (Å²) in [6, 6.07) is 0. The average molecular weight is 191 g/mol. The normalized spacial score (nSPS) is 8.78. The van der Waals surface area contributed by atoms with Crippen molar-refractivity contribution in [3.05, 3.63) is 0 Å². The molecular weight excluding hydrogens is 178 g/mol. The fraction of sp³-hybridized carbons (Fsp3) is 0.800. The molecule has 0 aromatic carbocycles. The van der Waals surface area contributed by atoms with Crippen LogP contribution in [0.25, 0.3) is 0 Å². The van der Waals surface area contributed by atoms with E-state index in [0.717, 1.165) is 5.75 Å². The second-order valence-corrected chi connectivity index (χ2v) is 3.78. The third kappa shape index (κ3) is 12.6. The SMILES string of the molecule is CC(C)CSC(N)=S.[Ca+2].[H-].[H-]. The van der Waals surface area contributed by atoms with E-state index in [1.165, 1.54) is 0 Å². The molecule has 0 aliphatic rings. The Hall–Kier alpha value is 1.50. The van der Waals surface area contributed by atoms with Gasteiger partial charge in [-0.25, -0.2) is 0 Å². The van der Waals surface area contributed by atoms with Gasteiger partial charge in [0.1, 0.15) is 4.32 Å². The molecule has 52 valence electrons. The second-order valence-electron chi connectivity index (χ2n) is 2.02. The molecule has 0 saturated carbocycles. The van der Waals surface area contributed by atoms with Crippen LogP contribution in [0, 0.1) is 5.92 Å². The van der Waals surface area contributed by atoms with E-state index < -0.39 is 0 Å². The van der Waals surface area contributed by atoms with Gasteiger partial charge in [-0.2, -0.15) is 0 Å². The van der Waals surface area contributed by atoms with E-state index in [1.807, 2.05) is 0 Å². The van der Waals surface area contributed by atoms with Gasteiger partial charge in [0.05, 0.1) is 0 Å². The molecule has 0 heterocycles.